The van der Waals surface area contributed by atoms with Gasteiger partial charge in [-0.3, -0.25) is 5.43 Å². The molecule has 1 heterocycles. The van der Waals surface area contributed by atoms with Crippen molar-refractivity contribution in [2.75, 3.05) is 7.05 Å². The van der Waals surface area contributed by atoms with E-state index in [1.54, 1.807) is 24.6 Å². The summed E-state index contributed by atoms with van der Waals surface area (Å²) in [5, 5.41) is 9.20. The second-order valence-corrected chi connectivity index (χ2v) is 4.38. The molecule has 13 heavy (non-hydrogen) atoms. The highest BCUT2D eigenvalue weighted by Crippen LogP contribution is 2.17. The molecule has 0 aliphatic rings. The molecule has 0 aromatic carbocycles. The molecule has 0 bridgehead atoms. The molecule has 1 rings (SSSR count). The van der Waals surface area contributed by atoms with Crippen molar-refractivity contribution in [2.24, 2.45) is 5.10 Å². The number of hydrazone groups is 1. The molecule has 6 heteroatoms. The number of nitrogens with zero attached hydrogens (tertiary/aromatic N) is 1. The van der Waals surface area contributed by atoms with Crippen molar-refractivity contribution in [3.63, 3.8) is 0 Å². The van der Waals surface area contributed by atoms with Crippen LogP contribution in [0.5, 0.6) is 0 Å². The minimum Gasteiger partial charge on any atom is -0.364 e. The number of nitrogens with one attached hydrogen (secondary N) is 2. The Morgan fingerprint density at radius 1 is 1.77 bits per heavy atom. The summed E-state index contributed by atoms with van der Waals surface area (Å²) in [6, 6.07) is 1.98. The van der Waals surface area contributed by atoms with Crippen molar-refractivity contribution in [3.8, 4) is 0 Å². The van der Waals surface area contributed by atoms with Crippen molar-refractivity contribution >= 4 is 50.8 Å². The zero-order valence-corrected chi connectivity index (χ0v) is 10.1. The smallest absolute Gasteiger partial charge is 0.186 e. The first-order valence-electron chi connectivity index (χ1n) is 3.47. The lowest BCUT2D eigenvalue weighted by Gasteiger charge is -1.98. The molecule has 1 aromatic heterocycles. The molecular formula is C7H8BrN3S2. The van der Waals surface area contributed by atoms with Crippen molar-refractivity contribution in [1.82, 2.24) is 10.7 Å². The number of hydrogen-bond acceptors (Lipinski definition) is 3. The monoisotopic (exact) mass is 277 g/mol. The third-order valence-corrected chi connectivity index (χ3v) is 3.10. The highest BCUT2D eigenvalue weighted by Gasteiger charge is 1.92. The average molecular weight is 278 g/mol. The molecule has 1 aromatic rings. The standard InChI is InChI=1S/C7H8BrN3S2/c1-9-7(12)11-10-3-6-2-5(8)4-13-6/h2-4H,1H3,(H2,9,11,12)/b10-3+. The molecule has 0 atom stereocenters. The van der Waals surface area contributed by atoms with Gasteiger partial charge in [-0.05, 0) is 34.2 Å². The molecule has 0 unspecified atom stereocenters. The van der Waals surface area contributed by atoms with Crippen LogP contribution in [0.4, 0.5) is 0 Å². The summed E-state index contributed by atoms with van der Waals surface area (Å²) in [5.41, 5.74) is 2.67. The van der Waals surface area contributed by atoms with Crippen LogP contribution in [0.25, 0.3) is 0 Å². The molecule has 0 saturated carbocycles. The van der Waals surface area contributed by atoms with E-state index in [2.05, 4.69) is 31.8 Å². The highest BCUT2D eigenvalue weighted by atomic mass is 79.9. The maximum absolute atomic E-state index is 4.83. The minimum atomic E-state index is 0.506. The summed E-state index contributed by atoms with van der Waals surface area (Å²) in [6.07, 6.45) is 1.72. The first-order chi connectivity index (χ1) is 6.22. The maximum atomic E-state index is 4.83. The van der Waals surface area contributed by atoms with E-state index in [0.717, 1.165) is 9.35 Å². The topological polar surface area (TPSA) is 36.4 Å². The van der Waals surface area contributed by atoms with Crippen LogP contribution in [-0.2, 0) is 0 Å². The number of rotatable bonds is 2. The molecule has 0 fully saturated rings. The SMILES string of the molecule is CNC(=S)N/N=C/c1cc(Br)cs1. The van der Waals surface area contributed by atoms with Crippen LogP contribution < -0.4 is 10.7 Å². The van der Waals surface area contributed by atoms with Gasteiger partial charge in [0.15, 0.2) is 5.11 Å². The maximum Gasteiger partial charge on any atom is 0.186 e. The summed E-state index contributed by atoms with van der Waals surface area (Å²) in [4.78, 5) is 1.07. The Kier molecular flexibility index (Phi) is 4.34. The van der Waals surface area contributed by atoms with E-state index in [-0.39, 0.29) is 0 Å². The van der Waals surface area contributed by atoms with E-state index in [0.29, 0.717) is 5.11 Å². The average Bonchev–Trinajstić information content (AvgIpc) is 2.51. The zero-order chi connectivity index (χ0) is 9.68. The summed E-state index contributed by atoms with van der Waals surface area (Å²) in [6.45, 7) is 0. The summed E-state index contributed by atoms with van der Waals surface area (Å²) in [5.74, 6) is 0. The Balaban J connectivity index is 2.45. The molecule has 0 aliphatic heterocycles. The summed E-state index contributed by atoms with van der Waals surface area (Å²) < 4.78 is 1.06. The third kappa shape index (κ3) is 3.84. The van der Waals surface area contributed by atoms with Gasteiger partial charge in [-0.25, -0.2) is 0 Å². The summed E-state index contributed by atoms with van der Waals surface area (Å²) >= 11 is 9.80. The minimum absolute atomic E-state index is 0.506. The molecule has 2 N–H and O–H groups in total. The van der Waals surface area contributed by atoms with E-state index in [1.165, 1.54) is 0 Å². The van der Waals surface area contributed by atoms with Crippen LogP contribution in [0, 0.1) is 0 Å². The predicted octanol–water partition coefficient (Wildman–Crippen LogP) is 1.94. The summed E-state index contributed by atoms with van der Waals surface area (Å²) in [7, 11) is 1.74. The van der Waals surface area contributed by atoms with Crippen LogP contribution in [0.3, 0.4) is 0 Å². The highest BCUT2D eigenvalue weighted by molar-refractivity contribution is 9.10. The predicted molar refractivity (Wildman–Crippen MR) is 64.4 cm³/mol. The van der Waals surface area contributed by atoms with Gasteiger partial charge in [0.2, 0.25) is 0 Å². The molecule has 0 spiro atoms. The number of thiocarbonyl (C=S) groups is 1. The van der Waals surface area contributed by atoms with E-state index >= 15 is 0 Å². The van der Waals surface area contributed by atoms with E-state index < -0.39 is 0 Å². The van der Waals surface area contributed by atoms with Crippen LogP contribution in [-0.4, -0.2) is 18.4 Å². The quantitative estimate of drug-likeness (QED) is 0.493. The van der Waals surface area contributed by atoms with Crippen LogP contribution in [0.15, 0.2) is 21.0 Å². The van der Waals surface area contributed by atoms with Gasteiger partial charge in [-0.15, -0.1) is 11.3 Å². The molecular weight excluding hydrogens is 270 g/mol. The largest absolute Gasteiger partial charge is 0.364 e. The Morgan fingerprint density at radius 3 is 3.08 bits per heavy atom. The Morgan fingerprint density at radius 2 is 2.54 bits per heavy atom. The van der Waals surface area contributed by atoms with Gasteiger partial charge in [-0.1, -0.05) is 0 Å². The number of halogens is 1. The van der Waals surface area contributed by atoms with E-state index in [1.807, 2.05) is 11.4 Å². The zero-order valence-electron chi connectivity index (χ0n) is 6.87. The van der Waals surface area contributed by atoms with Gasteiger partial charge < -0.3 is 5.32 Å². The number of hydrogen-bond donors (Lipinski definition) is 2. The molecule has 3 nitrogen and oxygen atoms in total. The number of thiophene rings is 1. The fourth-order valence-electron chi connectivity index (χ4n) is 0.606. The van der Waals surface area contributed by atoms with Gasteiger partial charge >= 0.3 is 0 Å². The lowest BCUT2D eigenvalue weighted by Crippen LogP contribution is -2.28. The molecule has 0 amide bonds. The Hall–Kier alpha value is -0.460. The lowest BCUT2D eigenvalue weighted by atomic mass is 10.5. The van der Waals surface area contributed by atoms with E-state index in [4.69, 9.17) is 12.2 Å². The van der Waals surface area contributed by atoms with E-state index in [9.17, 15) is 0 Å². The Bertz CT molecular complexity index is 321. The van der Waals surface area contributed by atoms with Gasteiger partial charge in [0, 0.05) is 21.8 Å². The van der Waals surface area contributed by atoms with Crippen molar-refractivity contribution < 1.29 is 0 Å². The van der Waals surface area contributed by atoms with Crippen LogP contribution in [0.2, 0.25) is 0 Å². The normalized spacial score (nSPS) is 10.3. The van der Waals surface area contributed by atoms with Gasteiger partial charge in [-0.2, -0.15) is 5.10 Å². The van der Waals surface area contributed by atoms with Crippen LogP contribution >= 0.6 is 39.5 Å². The molecule has 70 valence electrons. The molecule has 0 radical (unpaired) electrons. The van der Waals surface area contributed by atoms with Crippen molar-refractivity contribution in [1.29, 1.82) is 0 Å². The third-order valence-electron chi connectivity index (χ3n) is 1.17. The van der Waals surface area contributed by atoms with Gasteiger partial charge in [0.05, 0.1) is 6.21 Å². The van der Waals surface area contributed by atoms with Crippen LogP contribution in [0.1, 0.15) is 4.88 Å². The first kappa shape index (κ1) is 10.6. The fourth-order valence-corrected chi connectivity index (χ4v) is 1.96. The van der Waals surface area contributed by atoms with Crippen molar-refractivity contribution in [2.45, 2.75) is 0 Å². The lowest BCUT2D eigenvalue weighted by molar-refractivity contribution is 0.982. The molecule has 0 aliphatic carbocycles. The first-order valence-corrected chi connectivity index (χ1v) is 5.55. The van der Waals surface area contributed by atoms with Gasteiger partial charge in [0.1, 0.15) is 0 Å². The Labute approximate surface area is 94.4 Å². The van der Waals surface area contributed by atoms with Crippen molar-refractivity contribution in [3.05, 3.63) is 20.8 Å². The van der Waals surface area contributed by atoms with Gasteiger partial charge in [0.25, 0.3) is 0 Å². The second-order valence-electron chi connectivity index (χ2n) is 2.12. The second kappa shape index (κ2) is 5.31. The fraction of sp³-hybridized carbons (Fsp3) is 0.143. The molecule has 0 saturated heterocycles.